The molecule has 0 amide bonds. The highest BCUT2D eigenvalue weighted by Gasteiger charge is 2.07. The molecule has 0 heterocycles. The van der Waals surface area contributed by atoms with E-state index in [4.69, 9.17) is 5.73 Å². The molecule has 0 aromatic heterocycles. The van der Waals surface area contributed by atoms with E-state index in [1.54, 1.807) is 0 Å². The lowest BCUT2D eigenvalue weighted by Crippen LogP contribution is -2.18. The van der Waals surface area contributed by atoms with Crippen LogP contribution < -0.4 is 11.1 Å². The van der Waals surface area contributed by atoms with Crippen LogP contribution in [0.5, 0.6) is 0 Å². The van der Waals surface area contributed by atoms with Crippen molar-refractivity contribution >= 4 is 5.69 Å². The number of benzene rings is 1. The van der Waals surface area contributed by atoms with Crippen LogP contribution >= 0.6 is 0 Å². The van der Waals surface area contributed by atoms with Crippen LogP contribution in [-0.2, 0) is 0 Å². The topological polar surface area (TPSA) is 37.9 Å². The van der Waals surface area contributed by atoms with Gasteiger partial charge in [0.05, 0.1) is 17.8 Å². The van der Waals surface area contributed by atoms with Gasteiger partial charge in [-0.1, -0.05) is 42.5 Å². The van der Waals surface area contributed by atoms with Crippen molar-refractivity contribution in [3.05, 3.63) is 54.6 Å². The number of para-hydroxylation sites is 1. The van der Waals surface area contributed by atoms with Crippen LogP contribution in [0.25, 0.3) is 0 Å². The van der Waals surface area contributed by atoms with Crippen LogP contribution in [0.3, 0.4) is 0 Å². The highest BCUT2D eigenvalue weighted by molar-refractivity contribution is 5.37. The van der Waals surface area contributed by atoms with E-state index in [1.165, 1.54) is 0 Å². The Morgan fingerprint density at radius 3 is 2.21 bits per heavy atom. The van der Waals surface area contributed by atoms with Gasteiger partial charge < -0.3 is 0 Å². The van der Waals surface area contributed by atoms with Crippen molar-refractivity contribution in [2.45, 2.75) is 12.1 Å². The Bertz CT molecular complexity index is 327. The zero-order valence-electron chi connectivity index (χ0n) is 7.80. The summed E-state index contributed by atoms with van der Waals surface area (Å²) in [4.78, 5) is 0. The second-order valence-corrected chi connectivity index (χ2v) is 3.25. The molecular formula is C12H12N2. The van der Waals surface area contributed by atoms with Gasteiger partial charge in [0.2, 0.25) is 0 Å². The Morgan fingerprint density at radius 1 is 0.929 bits per heavy atom. The molecule has 1 aliphatic rings. The standard InChI is InChI=1S/C12H12N2/c13-10-6-8-12(9-7-10)14-11-4-2-1-3-5-11/h1-10,12-13H. The smallest absolute Gasteiger partial charge is 0.0869 e. The lowest BCUT2D eigenvalue weighted by atomic mass is 10.1. The quantitative estimate of drug-likeness (QED) is 0.631. The number of hydrogen-bond acceptors (Lipinski definition) is 0. The fourth-order valence-electron chi connectivity index (χ4n) is 1.37. The van der Waals surface area contributed by atoms with Crippen LogP contribution in [0.2, 0.25) is 0 Å². The molecule has 14 heavy (non-hydrogen) atoms. The minimum absolute atomic E-state index is 0.0963. The summed E-state index contributed by atoms with van der Waals surface area (Å²) in [5, 5.41) is 4.50. The van der Waals surface area contributed by atoms with Crippen LogP contribution in [0.4, 0.5) is 5.69 Å². The molecule has 1 aromatic rings. The van der Waals surface area contributed by atoms with Gasteiger partial charge in [0.1, 0.15) is 0 Å². The van der Waals surface area contributed by atoms with E-state index in [2.05, 4.69) is 5.32 Å². The normalized spacial score (nSPS) is 24.9. The lowest BCUT2D eigenvalue weighted by molar-refractivity contribution is 0.798. The molecule has 0 atom stereocenters. The summed E-state index contributed by atoms with van der Waals surface area (Å²) in [6.07, 6.45) is 7.64. The molecule has 2 nitrogen and oxygen atoms in total. The molecule has 0 saturated carbocycles. The molecule has 0 fully saturated rings. The average Bonchev–Trinajstić information content (AvgIpc) is 2.23. The lowest BCUT2D eigenvalue weighted by Gasteiger charge is -2.13. The molecule has 1 aromatic carbocycles. The van der Waals surface area contributed by atoms with E-state index >= 15 is 0 Å². The molecule has 0 spiro atoms. The molecule has 1 N–H and O–H groups in total. The summed E-state index contributed by atoms with van der Waals surface area (Å²) < 4.78 is 0. The Kier molecular flexibility index (Phi) is 2.65. The summed E-state index contributed by atoms with van der Waals surface area (Å²) in [6.45, 7) is 0. The van der Waals surface area contributed by atoms with E-state index in [-0.39, 0.29) is 12.1 Å². The Balaban J connectivity index is 2.00. The predicted octanol–water partition coefficient (Wildman–Crippen LogP) is 2.07. The molecule has 2 heteroatoms. The SMILES string of the molecule is [NH]C1C=CC([N]c2ccccc2)C=C1. The largest absolute Gasteiger partial charge is 0.274 e. The molecule has 2 rings (SSSR count). The van der Waals surface area contributed by atoms with E-state index in [9.17, 15) is 0 Å². The number of rotatable bonds is 2. The highest BCUT2D eigenvalue weighted by Crippen LogP contribution is 2.11. The van der Waals surface area contributed by atoms with Crippen molar-refractivity contribution in [1.29, 1.82) is 0 Å². The summed E-state index contributed by atoms with van der Waals surface area (Å²) in [5.41, 5.74) is 8.41. The van der Waals surface area contributed by atoms with Crippen molar-refractivity contribution in [2.24, 2.45) is 0 Å². The van der Waals surface area contributed by atoms with Gasteiger partial charge in [-0.15, -0.1) is 0 Å². The van der Waals surface area contributed by atoms with Crippen LogP contribution in [0.15, 0.2) is 54.6 Å². The van der Waals surface area contributed by atoms with E-state index in [0.717, 1.165) is 5.69 Å². The second kappa shape index (κ2) is 4.11. The average molecular weight is 184 g/mol. The first kappa shape index (κ1) is 9.03. The van der Waals surface area contributed by atoms with Crippen molar-refractivity contribution in [3.63, 3.8) is 0 Å². The molecule has 0 bridgehead atoms. The monoisotopic (exact) mass is 184 g/mol. The van der Waals surface area contributed by atoms with Gasteiger partial charge >= 0.3 is 0 Å². The molecule has 0 aliphatic heterocycles. The summed E-state index contributed by atoms with van der Waals surface area (Å²) >= 11 is 0. The number of hydrogen-bond donors (Lipinski definition) is 0. The molecular weight excluding hydrogens is 172 g/mol. The molecule has 2 radical (unpaired) electrons. The molecule has 0 saturated heterocycles. The number of nitrogens with one attached hydrogen (secondary N) is 1. The van der Waals surface area contributed by atoms with Gasteiger partial charge in [0, 0.05) is 0 Å². The van der Waals surface area contributed by atoms with Crippen LogP contribution in [-0.4, -0.2) is 12.1 Å². The molecule has 1 aliphatic carbocycles. The van der Waals surface area contributed by atoms with Crippen molar-refractivity contribution in [3.8, 4) is 0 Å². The predicted molar refractivity (Wildman–Crippen MR) is 57.2 cm³/mol. The summed E-state index contributed by atoms with van der Waals surface area (Å²) in [6, 6.07) is 9.79. The molecule has 70 valence electrons. The third kappa shape index (κ3) is 2.24. The first-order valence-corrected chi connectivity index (χ1v) is 4.68. The summed E-state index contributed by atoms with van der Waals surface area (Å²) in [5.74, 6) is 0. The molecule has 0 unspecified atom stereocenters. The first-order chi connectivity index (χ1) is 6.84. The number of nitrogens with zero attached hydrogens (tertiary/aromatic N) is 1. The minimum atomic E-state index is -0.197. The Morgan fingerprint density at radius 2 is 1.57 bits per heavy atom. The van der Waals surface area contributed by atoms with E-state index in [0.29, 0.717) is 0 Å². The van der Waals surface area contributed by atoms with Crippen LogP contribution in [0.1, 0.15) is 0 Å². The third-order valence-electron chi connectivity index (χ3n) is 2.09. The highest BCUT2D eigenvalue weighted by atomic mass is 14.9. The Hall–Kier alpha value is -1.54. The summed E-state index contributed by atoms with van der Waals surface area (Å²) in [7, 11) is 0. The fraction of sp³-hybridized carbons (Fsp3) is 0.167. The van der Waals surface area contributed by atoms with Gasteiger partial charge in [-0.2, -0.15) is 0 Å². The van der Waals surface area contributed by atoms with Gasteiger partial charge in [0.15, 0.2) is 0 Å². The zero-order valence-corrected chi connectivity index (χ0v) is 7.80. The van der Waals surface area contributed by atoms with Crippen molar-refractivity contribution < 1.29 is 0 Å². The first-order valence-electron chi connectivity index (χ1n) is 4.68. The van der Waals surface area contributed by atoms with Crippen molar-refractivity contribution in [1.82, 2.24) is 11.1 Å². The zero-order chi connectivity index (χ0) is 9.80. The second-order valence-electron chi connectivity index (χ2n) is 3.25. The van der Waals surface area contributed by atoms with Crippen molar-refractivity contribution in [2.75, 3.05) is 0 Å². The van der Waals surface area contributed by atoms with E-state index < -0.39 is 0 Å². The van der Waals surface area contributed by atoms with Gasteiger partial charge in [-0.05, 0) is 12.1 Å². The Labute approximate surface area is 84.1 Å². The maximum atomic E-state index is 7.43. The maximum Gasteiger partial charge on any atom is 0.0869 e. The minimum Gasteiger partial charge on any atom is -0.274 e. The van der Waals surface area contributed by atoms with Crippen LogP contribution in [0, 0.1) is 0 Å². The van der Waals surface area contributed by atoms with Gasteiger partial charge in [-0.25, -0.2) is 5.73 Å². The third-order valence-corrected chi connectivity index (χ3v) is 2.09. The van der Waals surface area contributed by atoms with Gasteiger partial charge in [-0.3, -0.25) is 5.32 Å². The van der Waals surface area contributed by atoms with E-state index in [1.807, 2.05) is 54.6 Å². The maximum absolute atomic E-state index is 7.43. The van der Waals surface area contributed by atoms with Gasteiger partial charge in [0.25, 0.3) is 0 Å². The fourth-order valence-corrected chi connectivity index (χ4v) is 1.37.